The van der Waals surface area contributed by atoms with E-state index in [1.807, 2.05) is 0 Å². The average molecular weight is 289 g/mol. The molecule has 2 fully saturated rings. The first-order valence-electron chi connectivity index (χ1n) is 7.71. The first-order valence-corrected chi connectivity index (χ1v) is 10.5. The third kappa shape index (κ3) is 2.95. The molecule has 0 bridgehead atoms. The summed E-state index contributed by atoms with van der Waals surface area (Å²) in [6, 6.07) is 2.74. The van der Waals surface area contributed by atoms with Gasteiger partial charge in [-0.25, -0.2) is 0 Å². The van der Waals surface area contributed by atoms with E-state index in [4.69, 9.17) is 11.1 Å². The van der Waals surface area contributed by atoms with Crippen molar-refractivity contribution in [1.29, 1.82) is 0 Å². The fourth-order valence-corrected chi connectivity index (χ4v) is 8.77. The summed E-state index contributed by atoms with van der Waals surface area (Å²) < 4.78 is 5.37. The molecule has 0 saturated carbocycles. The van der Waals surface area contributed by atoms with Crippen molar-refractivity contribution in [2.75, 3.05) is 0 Å². The van der Waals surface area contributed by atoms with Gasteiger partial charge in [0.25, 0.3) is 8.43 Å². The lowest BCUT2D eigenvalue weighted by Gasteiger charge is -2.49. The standard InChI is InChI=1S/C14H29ClN2Si/c1-11-7-5-8-12(2)16(11)18(15)17-13(3)9-6-10-14(17)4/h11-14,18H,5-10H2,1-4H3. The molecule has 106 valence electrons. The first-order chi connectivity index (χ1) is 8.52. The van der Waals surface area contributed by atoms with Gasteiger partial charge in [-0.2, -0.15) is 0 Å². The third-order valence-corrected chi connectivity index (χ3v) is 9.39. The van der Waals surface area contributed by atoms with Crippen LogP contribution in [0.25, 0.3) is 0 Å². The molecule has 4 atom stereocenters. The highest BCUT2D eigenvalue weighted by Crippen LogP contribution is 2.31. The van der Waals surface area contributed by atoms with Crippen molar-refractivity contribution in [3.05, 3.63) is 0 Å². The fraction of sp³-hybridized carbons (Fsp3) is 1.00. The second-order valence-corrected chi connectivity index (χ2v) is 9.45. The monoisotopic (exact) mass is 288 g/mol. The highest BCUT2D eigenvalue weighted by molar-refractivity contribution is 7.03. The molecule has 0 amide bonds. The van der Waals surface area contributed by atoms with Crippen molar-refractivity contribution in [3.63, 3.8) is 0 Å². The van der Waals surface area contributed by atoms with Crippen molar-refractivity contribution in [2.24, 2.45) is 0 Å². The van der Waals surface area contributed by atoms with E-state index in [1.54, 1.807) is 0 Å². The van der Waals surface area contributed by atoms with Gasteiger partial charge in [0.1, 0.15) is 0 Å². The van der Waals surface area contributed by atoms with Crippen LogP contribution in [0.1, 0.15) is 66.2 Å². The van der Waals surface area contributed by atoms with E-state index in [9.17, 15) is 0 Å². The molecule has 2 heterocycles. The van der Waals surface area contributed by atoms with Gasteiger partial charge in [-0.3, -0.25) is 9.13 Å². The molecule has 2 saturated heterocycles. The predicted octanol–water partition coefficient (Wildman–Crippen LogP) is 3.47. The minimum absolute atomic E-state index is 0.684. The van der Waals surface area contributed by atoms with Gasteiger partial charge >= 0.3 is 0 Å². The highest BCUT2D eigenvalue weighted by Gasteiger charge is 2.39. The van der Waals surface area contributed by atoms with Crippen LogP contribution in [0.15, 0.2) is 0 Å². The quantitative estimate of drug-likeness (QED) is 0.567. The lowest BCUT2D eigenvalue weighted by atomic mass is 10.0. The summed E-state index contributed by atoms with van der Waals surface area (Å²) in [7, 11) is -1.46. The Bertz CT molecular complexity index is 231. The number of hydrogen-bond donors (Lipinski definition) is 0. The van der Waals surface area contributed by atoms with Gasteiger partial charge in [-0.15, -0.1) is 11.1 Å². The number of hydrogen-bond acceptors (Lipinski definition) is 2. The molecule has 0 radical (unpaired) electrons. The summed E-state index contributed by atoms with van der Waals surface area (Å²) >= 11 is 7.01. The predicted molar refractivity (Wildman–Crippen MR) is 82.2 cm³/mol. The number of rotatable bonds is 2. The summed E-state index contributed by atoms with van der Waals surface area (Å²) in [5, 5.41) is 0. The Morgan fingerprint density at radius 1 is 0.722 bits per heavy atom. The van der Waals surface area contributed by atoms with Gasteiger partial charge in [0.2, 0.25) is 0 Å². The van der Waals surface area contributed by atoms with Crippen molar-refractivity contribution in [3.8, 4) is 0 Å². The summed E-state index contributed by atoms with van der Waals surface area (Å²) in [6.07, 6.45) is 8.08. The van der Waals surface area contributed by atoms with E-state index in [2.05, 4.69) is 36.8 Å². The van der Waals surface area contributed by atoms with E-state index in [1.165, 1.54) is 38.5 Å². The lowest BCUT2D eigenvalue weighted by Crippen LogP contribution is -2.62. The minimum atomic E-state index is -1.46. The molecular weight excluding hydrogens is 260 g/mol. The van der Waals surface area contributed by atoms with Crippen LogP contribution in [-0.2, 0) is 0 Å². The largest absolute Gasteiger partial charge is 0.297 e. The Labute approximate surface area is 119 Å². The molecule has 4 heteroatoms. The second kappa shape index (κ2) is 6.25. The number of nitrogens with zero attached hydrogens (tertiary/aromatic N) is 2. The van der Waals surface area contributed by atoms with Gasteiger partial charge < -0.3 is 0 Å². The van der Waals surface area contributed by atoms with E-state index in [-0.39, 0.29) is 0 Å². The van der Waals surface area contributed by atoms with Gasteiger partial charge in [0, 0.05) is 24.2 Å². The van der Waals surface area contributed by atoms with Crippen LogP contribution in [0.3, 0.4) is 0 Å². The Balaban J connectivity index is 2.10. The second-order valence-electron chi connectivity index (χ2n) is 6.46. The van der Waals surface area contributed by atoms with Gasteiger partial charge in [-0.1, -0.05) is 40.5 Å². The maximum absolute atomic E-state index is 7.01. The number of halogens is 1. The molecule has 2 aliphatic rings. The molecule has 0 aromatic carbocycles. The van der Waals surface area contributed by atoms with Crippen LogP contribution in [0.4, 0.5) is 0 Å². The number of piperidine rings is 2. The molecular formula is C14H29ClN2Si. The lowest BCUT2D eigenvalue weighted by molar-refractivity contribution is 0.144. The van der Waals surface area contributed by atoms with Crippen LogP contribution in [-0.4, -0.2) is 41.7 Å². The maximum Gasteiger partial charge on any atom is 0.292 e. The molecule has 0 N–H and O–H groups in total. The van der Waals surface area contributed by atoms with Crippen molar-refractivity contribution < 1.29 is 0 Å². The van der Waals surface area contributed by atoms with E-state index in [0.717, 1.165) is 0 Å². The molecule has 0 spiro atoms. The van der Waals surface area contributed by atoms with E-state index < -0.39 is 8.43 Å². The topological polar surface area (TPSA) is 6.48 Å². The molecule has 2 aliphatic heterocycles. The van der Waals surface area contributed by atoms with Gasteiger partial charge in [-0.05, 0) is 25.7 Å². The molecule has 0 aromatic heterocycles. The van der Waals surface area contributed by atoms with Crippen molar-refractivity contribution in [2.45, 2.75) is 90.4 Å². The van der Waals surface area contributed by atoms with Crippen LogP contribution in [0.5, 0.6) is 0 Å². The van der Waals surface area contributed by atoms with E-state index >= 15 is 0 Å². The molecule has 18 heavy (non-hydrogen) atoms. The molecule has 0 aliphatic carbocycles. The normalized spacial score (nSPS) is 41.8. The van der Waals surface area contributed by atoms with Crippen LogP contribution in [0.2, 0.25) is 0 Å². The first kappa shape index (κ1) is 14.8. The minimum Gasteiger partial charge on any atom is -0.297 e. The average Bonchev–Trinajstić information content (AvgIpc) is 2.28. The molecule has 0 aromatic rings. The van der Waals surface area contributed by atoms with Crippen molar-refractivity contribution in [1.82, 2.24) is 9.13 Å². The zero-order valence-electron chi connectivity index (χ0n) is 12.4. The molecule has 2 rings (SSSR count). The van der Waals surface area contributed by atoms with Crippen LogP contribution in [0, 0.1) is 0 Å². The maximum atomic E-state index is 7.01. The smallest absolute Gasteiger partial charge is 0.292 e. The van der Waals surface area contributed by atoms with Gasteiger partial charge in [0.15, 0.2) is 0 Å². The Kier molecular flexibility index (Phi) is 5.15. The highest BCUT2D eigenvalue weighted by atomic mass is 35.6. The Morgan fingerprint density at radius 2 is 1.00 bits per heavy atom. The molecule has 2 nitrogen and oxygen atoms in total. The summed E-state index contributed by atoms with van der Waals surface area (Å²) in [5.74, 6) is 0. The SMILES string of the molecule is CC1CCCC(C)N1[SiH](Cl)N1C(C)CCCC1C. The van der Waals surface area contributed by atoms with Crippen LogP contribution < -0.4 is 0 Å². The summed E-state index contributed by atoms with van der Waals surface area (Å²) in [6.45, 7) is 9.49. The molecule has 4 unspecified atom stereocenters. The Morgan fingerprint density at radius 3 is 1.28 bits per heavy atom. The summed E-state index contributed by atoms with van der Waals surface area (Å²) in [4.78, 5) is 0. The van der Waals surface area contributed by atoms with Gasteiger partial charge in [0.05, 0.1) is 0 Å². The van der Waals surface area contributed by atoms with E-state index in [0.29, 0.717) is 24.2 Å². The third-order valence-electron chi connectivity index (χ3n) is 5.02. The Hall–Kier alpha value is 0.427. The van der Waals surface area contributed by atoms with Crippen LogP contribution >= 0.6 is 11.1 Å². The zero-order valence-corrected chi connectivity index (χ0v) is 14.3. The fourth-order valence-electron chi connectivity index (χ4n) is 3.88. The summed E-state index contributed by atoms with van der Waals surface area (Å²) in [5.41, 5.74) is 0. The zero-order chi connectivity index (χ0) is 13.3. The van der Waals surface area contributed by atoms with Crippen molar-refractivity contribution >= 4 is 19.5 Å².